The van der Waals surface area contributed by atoms with Gasteiger partial charge in [-0.3, -0.25) is 0 Å². The fourth-order valence-electron chi connectivity index (χ4n) is 1.57. The number of nitrogens with two attached hydrogens (primary N) is 1. The lowest BCUT2D eigenvalue weighted by Crippen LogP contribution is -2.06. The minimum Gasteiger partial charge on any atom is -0.462 e. The Bertz CT molecular complexity index is 449. The van der Waals surface area contributed by atoms with E-state index in [0.29, 0.717) is 18.8 Å². The van der Waals surface area contributed by atoms with Crippen molar-refractivity contribution in [2.45, 2.75) is 33.2 Å². The summed E-state index contributed by atoms with van der Waals surface area (Å²) in [6.07, 6.45) is 3.55. The number of esters is 1. The molecule has 0 amide bonds. The van der Waals surface area contributed by atoms with E-state index in [1.807, 2.05) is 6.07 Å². The lowest BCUT2D eigenvalue weighted by Gasteiger charge is -2.01. The van der Waals surface area contributed by atoms with Gasteiger partial charge in [-0.05, 0) is 13.3 Å². The van der Waals surface area contributed by atoms with E-state index in [2.05, 4.69) is 6.92 Å². The standard InChI is InChI=1S/C12H17N3O2.ClH/c1-3-5-6-15-8-9(12(16)17-4-2)11(14)10(15)7-13;/h8H,3-6,14H2,1-2H3;1H. The van der Waals surface area contributed by atoms with E-state index in [0.717, 1.165) is 12.8 Å². The second-order valence-corrected chi connectivity index (χ2v) is 3.68. The predicted molar refractivity (Wildman–Crippen MR) is 71.7 cm³/mol. The van der Waals surface area contributed by atoms with E-state index in [9.17, 15) is 4.79 Å². The average molecular weight is 272 g/mol. The molecule has 2 N–H and O–H groups in total. The topological polar surface area (TPSA) is 81.0 Å². The van der Waals surface area contributed by atoms with Gasteiger partial charge in [0.25, 0.3) is 0 Å². The second-order valence-electron chi connectivity index (χ2n) is 3.68. The highest BCUT2D eigenvalue weighted by Gasteiger charge is 2.19. The summed E-state index contributed by atoms with van der Waals surface area (Å²) in [6.45, 7) is 4.77. The highest BCUT2D eigenvalue weighted by Crippen LogP contribution is 2.21. The van der Waals surface area contributed by atoms with E-state index >= 15 is 0 Å². The third-order valence-corrected chi connectivity index (χ3v) is 2.47. The van der Waals surface area contributed by atoms with Crippen molar-refractivity contribution in [2.75, 3.05) is 12.3 Å². The smallest absolute Gasteiger partial charge is 0.341 e. The van der Waals surface area contributed by atoms with Gasteiger partial charge in [-0.1, -0.05) is 13.3 Å². The maximum Gasteiger partial charge on any atom is 0.341 e. The van der Waals surface area contributed by atoms with Crippen LogP contribution < -0.4 is 5.73 Å². The van der Waals surface area contributed by atoms with Crippen LogP contribution in [0.25, 0.3) is 0 Å². The number of ether oxygens (including phenoxy) is 1. The van der Waals surface area contributed by atoms with Crippen molar-refractivity contribution >= 4 is 24.1 Å². The van der Waals surface area contributed by atoms with Crippen molar-refractivity contribution in [3.63, 3.8) is 0 Å². The molecule has 0 saturated heterocycles. The first kappa shape index (κ1) is 16.3. The molecule has 0 atom stereocenters. The lowest BCUT2D eigenvalue weighted by molar-refractivity contribution is 0.0527. The van der Waals surface area contributed by atoms with Crippen LogP contribution >= 0.6 is 12.4 Å². The molecule has 1 aromatic rings. The minimum atomic E-state index is -0.475. The molecule has 1 rings (SSSR count). The van der Waals surface area contributed by atoms with Gasteiger partial charge in [0.05, 0.1) is 12.3 Å². The molecule has 5 nitrogen and oxygen atoms in total. The molecule has 1 heterocycles. The van der Waals surface area contributed by atoms with E-state index in [-0.39, 0.29) is 23.7 Å². The zero-order chi connectivity index (χ0) is 12.8. The summed E-state index contributed by atoms with van der Waals surface area (Å²) < 4.78 is 6.60. The van der Waals surface area contributed by atoms with Gasteiger partial charge in [-0.25, -0.2) is 4.79 Å². The molecule has 0 fully saturated rings. The number of anilines is 1. The van der Waals surface area contributed by atoms with Crippen molar-refractivity contribution in [3.05, 3.63) is 17.5 Å². The Balaban J connectivity index is 0.00000289. The Morgan fingerprint density at radius 2 is 2.22 bits per heavy atom. The number of aromatic nitrogens is 1. The van der Waals surface area contributed by atoms with Gasteiger partial charge in [0.1, 0.15) is 17.3 Å². The molecule has 1 aromatic heterocycles. The second kappa shape index (κ2) is 7.62. The summed E-state index contributed by atoms with van der Waals surface area (Å²) in [6, 6.07) is 2.02. The number of hydrogen-bond donors (Lipinski definition) is 1. The van der Waals surface area contributed by atoms with Crippen LogP contribution in [0.1, 0.15) is 42.7 Å². The number of nitrogen functional groups attached to an aromatic ring is 1. The number of rotatable bonds is 5. The number of nitriles is 1. The predicted octanol–water partition coefficient (Wildman–Crippen LogP) is 2.34. The van der Waals surface area contributed by atoms with Gasteiger partial charge in [-0.2, -0.15) is 5.26 Å². The number of carbonyl (C=O) groups is 1. The SMILES string of the molecule is CCCCn1cc(C(=O)OCC)c(N)c1C#N.Cl. The molecule has 0 radical (unpaired) electrons. The van der Waals surface area contributed by atoms with Gasteiger partial charge in [0.15, 0.2) is 0 Å². The van der Waals surface area contributed by atoms with Crippen LogP contribution in [0.3, 0.4) is 0 Å². The third kappa shape index (κ3) is 3.41. The molecule has 6 heteroatoms. The molecule has 0 aliphatic rings. The Morgan fingerprint density at radius 1 is 1.56 bits per heavy atom. The lowest BCUT2D eigenvalue weighted by atomic mass is 10.2. The highest BCUT2D eigenvalue weighted by atomic mass is 35.5. The molecule has 18 heavy (non-hydrogen) atoms. The Hall–Kier alpha value is -1.67. The quantitative estimate of drug-likeness (QED) is 0.834. The number of carbonyl (C=O) groups excluding carboxylic acids is 1. The number of unbranched alkanes of at least 4 members (excludes halogenated alkanes) is 1. The molecule has 0 spiro atoms. The summed E-state index contributed by atoms with van der Waals surface area (Å²) in [4.78, 5) is 11.6. The van der Waals surface area contributed by atoms with Crippen molar-refractivity contribution in [1.82, 2.24) is 4.57 Å². The van der Waals surface area contributed by atoms with Gasteiger partial charge in [-0.15, -0.1) is 12.4 Å². The summed E-state index contributed by atoms with van der Waals surface area (Å²) >= 11 is 0. The van der Waals surface area contributed by atoms with E-state index in [1.54, 1.807) is 17.7 Å². The third-order valence-electron chi connectivity index (χ3n) is 2.47. The number of halogens is 1. The van der Waals surface area contributed by atoms with Gasteiger partial charge >= 0.3 is 5.97 Å². The normalized spacial score (nSPS) is 9.39. The molecule has 0 aliphatic heterocycles. The molecule has 0 unspecified atom stereocenters. The Kier molecular flexibility index (Phi) is 6.91. The average Bonchev–Trinajstić information content (AvgIpc) is 2.63. The first-order chi connectivity index (χ1) is 8.15. The van der Waals surface area contributed by atoms with Crippen LogP contribution in [-0.2, 0) is 11.3 Å². The number of hydrogen-bond acceptors (Lipinski definition) is 4. The summed E-state index contributed by atoms with van der Waals surface area (Å²) in [7, 11) is 0. The van der Waals surface area contributed by atoms with E-state index in [4.69, 9.17) is 15.7 Å². The van der Waals surface area contributed by atoms with Crippen LogP contribution in [0.15, 0.2) is 6.20 Å². The maximum atomic E-state index is 11.6. The van der Waals surface area contributed by atoms with Crippen LogP contribution in [0.5, 0.6) is 0 Å². The van der Waals surface area contributed by atoms with Crippen molar-refractivity contribution in [1.29, 1.82) is 5.26 Å². The first-order valence-corrected chi connectivity index (χ1v) is 5.71. The molecule has 100 valence electrons. The van der Waals surface area contributed by atoms with E-state index in [1.165, 1.54) is 0 Å². The summed E-state index contributed by atoms with van der Waals surface area (Å²) in [5.74, 6) is -0.475. The van der Waals surface area contributed by atoms with Crippen LogP contribution in [0.4, 0.5) is 5.69 Å². The van der Waals surface area contributed by atoms with Crippen LogP contribution in [-0.4, -0.2) is 17.1 Å². The van der Waals surface area contributed by atoms with Crippen molar-refractivity contribution < 1.29 is 9.53 Å². The summed E-state index contributed by atoms with van der Waals surface area (Å²) in [5.41, 5.74) is 6.60. The molecule has 0 saturated carbocycles. The van der Waals surface area contributed by atoms with Gasteiger partial charge < -0.3 is 15.0 Å². The van der Waals surface area contributed by atoms with Gasteiger partial charge in [0, 0.05) is 12.7 Å². The fraction of sp³-hybridized carbons (Fsp3) is 0.500. The zero-order valence-corrected chi connectivity index (χ0v) is 11.4. The molecule has 0 bridgehead atoms. The number of aryl methyl sites for hydroxylation is 1. The fourth-order valence-corrected chi connectivity index (χ4v) is 1.57. The monoisotopic (exact) mass is 271 g/mol. The van der Waals surface area contributed by atoms with Crippen molar-refractivity contribution in [3.8, 4) is 6.07 Å². The van der Waals surface area contributed by atoms with Crippen molar-refractivity contribution in [2.24, 2.45) is 0 Å². The van der Waals surface area contributed by atoms with Gasteiger partial charge in [0.2, 0.25) is 0 Å². The maximum absolute atomic E-state index is 11.6. The van der Waals surface area contributed by atoms with Crippen LogP contribution in [0.2, 0.25) is 0 Å². The largest absolute Gasteiger partial charge is 0.462 e. The minimum absolute atomic E-state index is 0. The molecular weight excluding hydrogens is 254 g/mol. The van der Waals surface area contributed by atoms with E-state index < -0.39 is 5.97 Å². The Morgan fingerprint density at radius 3 is 2.72 bits per heavy atom. The number of nitrogens with zero attached hydrogens (tertiary/aromatic N) is 2. The zero-order valence-electron chi connectivity index (χ0n) is 10.6. The summed E-state index contributed by atoms with van der Waals surface area (Å²) in [5, 5.41) is 9.02. The molecule has 0 aliphatic carbocycles. The first-order valence-electron chi connectivity index (χ1n) is 5.71. The molecular formula is C12H18ClN3O2. The Labute approximate surface area is 113 Å². The highest BCUT2D eigenvalue weighted by molar-refractivity contribution is 5.96. The molecule has 0 aromatic carbocycles. The van der Waals surface area contributed by atoms with Crippen LogP contribution in [0, 0.1) is 11.3 Å².